The minimum Gasteiger partial charge on any atom is -0.328 e. The molecule has 0 aliphatic rings. The van der Waals surface area contributed by atoms with Gasteiger partial charge in [-0.05, 0) is 24.5 Å². The molecule has 0 aliphatic heterocycles. The number of hydrogen-bond donors (Lipinski definition) is 1. The molecule has 1 nitrogen and oxygen atoms in total. The van der Waals surface area contributed by atoms with Crippen molar-refractivity contribution in [3.63, 3.8) is 0 Å². The minimum absolute atomic E-state index is 0.0187. The lowest BCUT2D eigenvalue weighted by atomic mass is 10.0. The maximum atomic E-state index is 13.6. The Balaban J connectivity index is 2.37. The summed E-state index contributed by atoms with van der Waals surface area (Å²) in [7, 11) is 0. The molecule has 2 rings (SSSR count). The van der Waals surface area contributed by atoms with E-state index >= 15 is 0 Å². The van der Waals surface area contributed by atoms with Gasteiger partial charge in [-0.3, -0.25) is 0 Å². The first kappa shape index (κ1) is 13.6. The van der Waals surface area contributed by atoms with Gasteiger partial charge in [-0.25, -0.2) is 13.2 Å². The highest BCUT2D eigenvalue weighted by Gasteiger charge is 2.13. The standard InChI is InChI=1S/C15H14F3N/c1-9(19)6-10-2-4-11(5-3-10)15-13(17)7-12(16)8-14(15)18/h2-5,7-9H,6,19H2,1H3. The molecule has 2 aromatic rings. The summed E-state index contributed by atoms with van der Waals surface area (Å²) in [4.78, 5) is 0. The average molecular weight is 265 g/mol. The minimum atomic E-state index is -0.924. The quantitative estimate of drug-likeness (QED) is 0.900. The topological polar surface area (TPSA) is 26.0 Å². The van der Waals surface area contributed by atoms with E-state index in [1.54, 1.807) is 24.3 Å². The Morgan fingerprint density at radius 3 is 2.00 bits per heavy atom. The summed E-state index contributed by atoms with van der Waals surface area (Å²) in [5.74, 6) is -2.73. The molecule has 2 N–H and O–H groups in total. The smallest absolute Gasteiger partial charge is 0.136 e. The van der Waals surface area contributed by atoms with Gasteiger partial charge in [0.2, 0.25) is 0 Å². The van der Waals surface area contributed by atoms with Gasteiger partial charge in [0.25, 0.3) is 0 Å². The first-order valence-corrected chi connectivity index (χ1v) is 5.97. The predicted molar refractivity (Wildman–Crippen MR) is 69.1 cm³/mol. The highest BCUT2D eigenvalue weighted by Crippen LogP contribution is 2.27. The zero-order valence-electron chi connectivity index (χ0n) is 10.5. The fourth-order valence-electron chi connectivity index (χ4n) is 2.00. The average Bonchev–Trinajstić information content (AvgIpc) is 2.29. The molecular weight excluding hydrogens is 251 g/mol. The first-order chi connectivity index (χ1) is 8.97. The third-order valence-corrected chi connectivity index (χ3v) is 2.81. The molecule has 19 heavy (non-hydrogen) atoms. The lowest BCUT2D eigenvalue weighted by Gasteiger charge is -2.08. The Kier molecular flexibility index (Phi) is 3.90. The molecule has 0 fully saturated rings. The van der Waals surface area contributed by atoms with Crippen molar-refractivity contribution >= 4 is 0 Å². The monoisotopic (exact) mass is 265 g/mol. The first-order valence-electron chi connectivity index (χ1n) is 5.97. The van der Waals surface area contributed by atoms with E-state index in [2.05, 4.69) is 0 Å². The molecule has 0 aromatic heterocycles. The van der Waals surface area contributed by atoms with Gasteiger partial charge >= 0.3 is 0 Å². The fraction of sp³-hybridized carbons (Fsp3) is 0.200. The Hall–Kier alpha value is -1.81. The highest BCUT2D eigenvalue weighted by molar-refractivity contribution is 5.65. The molecule has 0 amide bonds. The molecule has 1 unspecified atom stereocenters. The van der Waals surface area contributed by atoms with E-state index < -0.39 is 17.5 Å². The second-order valence-electron chi connectivity index (χ2n) is 4.62. The van der Waals surface area contributed by atoms with Crippen LogP contribution in [0, 0.1) is 17.5 Å². The summed E-state index contributed by atoms with van der Waals surface area (Å²) < 4.78 is 40.1. The van der Waals surface area contributed by atoms with Crippen molar-refractivity contribution < 1.29 is 13.2 Å². The summed E-state index contributed by atoms with van der Waals surface area (Å²) in [6, 6.07) is 8.11. The third kappa shape index (κ3) is 3.15. The van der Waals surface area contributed by atoms with Crippen LogP contribution in [0.4, 0.5) is 13.2 Å². The van der Waals surface area contributed by atoms with E-state index in [9.17, 15) is 13.2 Å². The van der Waals surface area contributed by atoms with Gasteiger partial charge in [0.05, 0.1) is 5.56 Å². The van der Waals surface area contributed by atoms with E-state index in [-0.39, 0.29) is 11.6 Å². The molecule has 2 aromatic carbocycles. The Morgan fingerprint density at radius 1 is 1.00 bits per heavy atom. The molecule has 0 bridgehead atoms. The number of rotatable bonds is 3. The molecule has 100 valence electrons. The van der Waals surface area contributed by atoms with Crippen molar-refractivity contribution in [2.24, 2.45) is 5.73 Å². The largest absolute Gasteiger partial charge is 0.328 e. The van der Waals surface area contributed by atoms with Crippen LogP contribution in [-0.4, -0.2) is 6.04 Å². The van der Waals surface area contributed by atoms with Crippen molar-refractivity contribution in [2.45, 2.75) is 19.4 Å². The van der Waals surface area contributed by atoms with Crippen molar-refractivity contribution in [1.82, 2.24) is 0 Å². The third-order valence-electron chi connectivity index (χ3n) is 2.81. The molecule has 0 spiro atoms. The number of benzene rings is 2. The van der Waals surface area contributed by atoms with Gasteiger partial charge in [0.1, 0.15) is 17.5 Å². The second-order valence-corrected chi connectivity index (χ2v) is 4.62. The summed E-state index contributed by atoms with van der Waals surface area (Å²) in [5, 5.41) is 0. The number of hydrogen-bond acceptors (Lipinski definition) is 1. The second kappa shape index (κ2) is 5.45. The van der Waals surface area contributed by atoms with Crippen LogP contribution < -0.4 is 5.73 Å². The summed E-state index contributed by atoms with van der Waals surface area (Å²) >= 11 is 0. The lowest BCUT2D eigenvalue weighted by Crippen LogP contribution is -2.17. The normalized spacial score (nSPS) is 12.5. The highest BCUT2D eigenvalue weighted by atomic mass is 19.1. The van der Waals surface area contributed by atoms with Crippen molar-refractivity contribution in [3.8, 4) is 11.1 Å². The van der Waals surface area contributed by atoms with Crippen LogP contribution >= 0.6 is 0 Å². The predicted octanol–water partition coefficient (Wildman–Crippen LogP) is 3.66. The molecule has 0 saturated heterocycles. The van der Waals surface area contributed by atoms with E-state index in [0.29, 0.717) is 24.1 Å². The summed E-state index contributed by atoms with van der Waals surface area (Å²) in [6.07, 6.45) is 0.689. The van der Waals surface area contributed by atoms with Crippen molar-refractivity contribution in [3.05, 3.63) is 59.4 Å². The molecule has 0 saturated carbocycles. The van der Waals surface area contributed by atoms with E-state index in [4.69, 9.17) is 5.73 Å². The summed E-state index contributed by atoms with van der Waals surface area (Å²) in [5.41, 5.74) is 6.83. The van der Waals surface area contributed by atoms with Crippen molar-refractivity contribution in [2.75, 3.05) is 0 Å². The molecule has 0 radical (unpaired) electrons. The van der Waals surface area contributed by atoms with E-state index in [0.717, 1.165) is 5.56 Å². The van der Waals surface area contributed by atoms with Crippen LogP contribution in [-0.2, 0) is 6.42 Å². The maximum Gasteiger partial charge on any atom is 0.136 e. The zero-order valence-corrected chi connectivity index (χ0v) is 10.5. The number of halogens is 3. The van der Waals surface area contributed by atoms with E-state index in [1.165, 1.54) is 0 Å². The SMILES string of the molecule is CC(N)Cc1ccc(-c2c(F)cc(F)cc2F)cc1. The summed E-state index contributed by atoms with van der Waals surface area (Å²) in [6.45, 7) is 1.88. The lowest BCUT2D eigenvalue weighted by molar-refractivity contribution is 0.548. The van der Waals surface area contributed by atoms with Crippen LogP contribution in [0.15, 0.2) is 36.4 Å². The van der Waals surface area contributed by atoms with Crippen LogP contribution in [0.2, 0.25) is 0 Å². The Morgan fingerprint density at radius 2 is 1.53 bits per heavy atom. The van der Waals surface area contributed by atoms with Gasteiger partial charge < -0.3 is 5.73 Å². The van der Waals surface area contributed by atoms with Crippen LogP contribution in [0.3, 0.4) is 0 Å². The Bertz CT molecular complexity index is 553. The maximum absolute atomic E-state index is 13.6. The van der Waals surface area contributed by atoms with E-state index in [1.807, 2.05) is 6.92 Å². The van der Waals surface area contributed by atoms with Crippen LogP contribution in [0.25, 0.3) is 11.1 Å². The van der Waals surface area contributed by atoms with Crippen LogP contribution in [0.5, 0.6) is 0 Å². The van der Waals surface area contributed by atoms with Crippen molar-refractivity contribution in [1.29, 1.82) is 0 Å². The van der Waals surface area contributed by atoms with Gasteiger partial charge in [0.15, 0.2) is 0 Å². The number of nitrogens with two attached hydrogens (primary N) is 1. The molecule has 1 atom stereocenters. The fourth-order valence-corrected chi connectivity index (χ4v) is 2.00. The van der Waals surface area contributed by atoms with Crippen LogP contribution in [0.1, 0.15) is 12.5 Å². The van der Waals surface area contributed by atoms with Gasteiger partial charge in [-0.2, -0.15) is 0 Å². The van der Waals surface area contributed by atoms with Gasteiger partial charge in [-0.1, -0.05) is 24.3 Å². The molecule has 0 aliphatic carbocycles. The molecular formula is C15H14F3N. The molecule has 0 heterocycles. The van der Waals surface area contributed by atoms with Gasteiger partial charge in [-0.15, -0.1) is 0 Å². The molecule has 4 heteroatoms. The Labute approximate surface area is 109 Å². The zero-order chi connectivity index (χ0) is 14.0. The van der Waals surface area contributed by atoms with Gasteiger partial charge in [0, 0.05) is 18.2 Å².